The molecule has 1 aromatic rings. The van der Waals surface area contributed by atoms with Crippen LogP contribution in [0.3, 0.4) is 0 Å². The Bertz CT molecular complexity index is 348. The maximum absolute atomic E-state index is 5.95. The van der Waals surface area contributed by atoms with Gasteiger partial charge in [0.25, 0.3) is 0 Å². The average molecular weight is 187 g/mol. The lowest BCUT2D eigenvalue weighted by molar-refractivity contribution is 1.22. The molecule has 0 saturated carbocycles. The smallest absolute Gasteiger partial charge is 0.0390 e. The normalized spacial score (nSPS) is 12.3. The van der Waals surface area contributed by atoms with Gasteiger partial charge in [0.05, 0.1) is 0 Å². The van der Waals surface area contributed by atoms with Gasteiger partial charge in [-0.2, -0.15) is 0 Å². The van der Waals surface area contributed by atoms with Crippen molar-refractivity contribution in [1.82, 2.24) is 0 Å². The van der Waals surface area contributed by atoms with Gasteiger partial charge in [-0.1, -0.05) is 43.3 Å². The van der Waals surface area contributed by atoms with Gasteiger partial charge in [0.1, 0.15) is 0 Å². The zero-order valence-electron chi connectivity index (χ0n) is 8.83. The van der Waals surface area contributed by atoms with Gasteiger partial charge in [-0.15, -0.1) is 0 Å². The molecule has 0 unspecified atom stereocenters. The topological polar surface area (TPSA) is 26.0 Å². The molecular formula is C13H17N. The number of hydrogen-bond donors (Lipinski definition) is 1. The molecule has 0 aromatic heterocycles. The molecule has 0 aliphatic rings. The van der Waals surface area contributed by atoms with E-state index in [1.807, 2.05) is 30.4 Å². The lowest BCUT2D eigenvalue weighted by Crippen LogP contribution is -1.97. The molecule has 0 aliphatic carbocycles. The van der Waals surface area contributed by atoms with Crippen molar-refractivity contribution in [3.63, 3.8) is 0 Å². The van der Waals surface area contributed by atoms with Crippen LogP contribution in [0.1, 0.15) is 24.5 Å². The fourth-order valence-corrected chi connectivity index (χ4v) is 1.29. The van der Waals surface area contributed by atoms with Gasteiger partial charge in [0.15, 0.2) is 0 Å². The highest BCUT2D eigenvalue weighted by atomic mass is 14.6. The van der Waals surface area contributed by atoms with Crippen LogP contribution in [0.15, 0.2) is 42.5 Å². The van der Waals surface area contributed by atoms with Crippen molar-refractivity contribution in [2.24, 2.45) is 5.73 Å². The second-order valence-corrected chi connectivity index (χ2v) is 3.27. The number of nitrogens with two attached hydrogens (primary N) is 1. The summed E-state index contributed by atoms with van der Waals surface area (Å²) >= 11 is 0. The van der Waals surface area contributed by atoms with Gasteiger partial charge in [0, 0.05) is 11.3 Å². The van der Waals surface area contributed by atoms with E-state index in [1.165, 1.54) is 5.56 Å². The first-order valence-electron chi connectivity index (χ1n) is 4.94. The molecular weight excluding hydrogens is 170 g/mol. The van der Waals surface area contributed by atoms with Crippen LogP contribution in [-0.4, -0.2) is 0 Å². The lowest BCUT2D eigenvalue weighted by atomic mass is 10.1. The Hall–Kier alpha value is -1.50. The highest BCUT2D eigenvalue weighted by Crippen LogP contribution is 2.13. The summed E-state index contributed by atoms with van der Waals surface area (Å²) in [5.41, 5.74) is 9.11. The Morgan fingerprint density at radius 1 is 1.36 bits per heavy atom. The number of benzene rings is 1. The third kappa shape index (κ3) is 2.77. The average Bonchev–Trinajstić information content (AvgIpc) is 2.18. The van der Waals surface area contributed by atoms with Gasteiger partial charge < -0.3 is 5.73 Å². The Labute approximate surface area is 85.9 Å². The van der Waals surface area contributed by atoms with Crippen LogP contribution in [0.25, 0.3) is 5.70 Å². The van der Waals surface area contributed by atoms with Gasteiger partial charge >= 0.3 is 0 Å². The van der Waals surface area contributed by atoms with Crippen LogP contribution >= 0.6 is 0 Å². The minimum atomic E-state index is 0.827. The predicted molar refractivity (Wildman–Crippen MR) is 62.8 cm³/mol. The van der Waals surface area contributed by atoms with Crippen LogP contribution in [0, 0.1) is 6.92 Å². The molecule has 0 radical (unpaired) electrons. The number of aryl methyl sites for hydroxylation is 1. The van der Waals surface area contributed by atoms with E-state index in [0.29, 0.717) is 0 Å². The van der Waals surface area contributed by atoms with Crippen LogP contribution in [0.2, 0.25) is 0 Å². The third-order valence-corrected chi connectivity index (χ3v) is 2.10. The number of hydrogen-bond acceptors (Lipinski definition) is 1. The predicted octanol–water partition coefficient (Wildman–Crippen LogP) is 3.26. The Balaban J connectivity index is 2.89. The molecule has 0 heterocycles. The van der Waals surface area contributed by atoms with E-state index in [2.05, 4.69) is 26.0 Å². The van der Waals surface area contributed by atoms with Gasteiger partial charge in [-0.3, -0.25) is 0 Å². The van der Waals surface area contributed by atoms with Crippen molar-refractivity contribution >= 4 is 5.70 Å². The molecule has 0 spiro atoms. The van der Waals surface area contributed by atoms with E-state index >= 15 is 0 Å². The molecule has 14 heavy (non-hydrogen) atoms. The van der Waals surface area contributed by atoms with Gasteiger partial charge in [-0.05, 0) is 25.0 Å². The molecule has 1 heteroatoms. The molecule has 0 bridgehead atoms. The van der Waals surface area contributed by atoms with Crippen LogP contribution in [0.4, 0.5) is 0 Å². The summed E-state index contributed by atoms with van der Waals surface area (Å²) in [6.07, 6.45) is 7.08. The minimum Gasteiger partial charge on any atom is -0.398 e. The third-order valence-electron chi connectivity index (χ3n) is 2.10. The van der Waals surface area contributed by atoms with Gasteiger partial charge in [0.2, 0.25) is 0 Å². The van der Waals surface area contributed by atoms with Crippen molar-refractivity contribution in [2.45, 2.75) is 20.3 Å². The van der Waals surface area contributed by atoms with Crippen LogP contribution < -0.4 is 5.73 Å². The summed E-state index contributed by atoms with van der Waals surface area (Å²) in [6, 6.07) is 8.14. The summed E-state index contributed by atoms with van der Waals surface area (Å²) in [6.45, 7) is 4.17. The first-order chi connectivity index (χ1) is 6.75. The molecule has 1 rings (SSSR count). The van der Waals surface area contributed by atoms with Crippen molar-refractivity contribution in [1.29, 1.82) is 0 Å². The van der Waals surface area contributed by atoms with E-state index in [4.69, 9.17) is 5.73 Å². The van der Waals surface area contributed by atoms with E-state index in [1.54, 1.807) is 0 Å². The van der Waals surface area contributed by atoms with E-state index in [0.717, 1.165) is 17.7 Å². The molecule has 0 fully saturated rings. The largest absolute Gasteiger partial charge is 0.398 e. The van der Waals surface area contributed by atoms with Crippen molar-refractivity contribution in [2.75, 3.05) is 0 Å². The summed E-state index contributed by atoms with van der Waals surface area (Å²) in [5, 5.41) is 0. The molecule has 1 nitrogen and oxygen atoms in total. The maximum atomic E-state index is 5.95. The lowest BCUT2D eigenvalue weighted by Gasteiger charge is -2.04. The highest BCUT2D eigenvalue weighted by molar-refractivity contribution is 5.66. The Morgan fingerprint density at radius 3 is 2.71 bits per heavy atom. The van der Waals surface area contributed by atoms with Crippen molar-refractivity contribution < 1.29 is 0 Å². The minimum absolute atomic E-state index is 0.827. The zero-order chi connectivity index (χ0) is 10.4. The second-order valence-electron chi connectivity index (χ2n) is 3.27. The molecule has 2 N–H and O–H groups in total. The summed E-state index contributed by atoms with van der Waals surface area (Å²) in [7, 11) is 0. The Morgan fingerprint density at radius 2 is 2.07 bits per heavy atom. The first-order valence-corrected chi connectivity index (χ1v) is 4.94. The number of allylic oxidation sites excluding steroid dienone is 3. The van der Waals surface area contributed by atoms with Gasteiger partial charge in [-0.25, -0.2) is 0 Å². The molecule has 1 aromatic carbocycles. The van der Waals surface area contributed by atoms with Crippen LogP contribution in [0.5, 0.6) is 0 Å². The van der Waals surface area contributed by atoms with E-state index in [-0.39, 0.29) is 0 Å². The van der Waals surface area contributed by atoms with Crippen LogP contribution in [-0.2, 0) is 0 Å². The quantitative estimate of drug-likeness (QED) is 0.722. The maximum Gasteiger partial charge on any atom is 0.0390 e. The monoisotopic (exact) mass is 187 g/mol. The highest BCUT2D eigenvalue weighted by Gasteiger charge is 1.97. The molecule has 0 atom stereocenters. The Kier molecular flexibility index (Phi) is 3.99. The summed E-state index contributed by atoms with van der Waals surface area (Å²) in [5.74, 6) is 0. The fraction of sp³-hybridized carbons (Fsp3) is 0.231. The van der Waals surface area contributed by atoms with Crippen molar-refractivity contribution in [3.8, 4) is 0 Å². The number of rotatable bonds is 3. The van der Waals surface area contributed by atoms with Crippen molar-refractivity contribution in [3.05, 3.63) is 53.6 Å². The molecule has 0 amide bonds. The molecule has 0 aliphatic heterocycles. The van der Waals surface area contributed by atoms with E-state index in [9.17, 15) is 0 Å². The van der Waals surface area contributed by atoms with E-state index < -0.39 is 0 Å². The molecule has 0 saturated heterocycles. The summed E-state index contributed by atoms with van der Waals surface area (Å²) < 4.78 is 0. The molecule has 74 valence electrons. The first kappa shape index (κ1) is 10.6. The second kappa shape index (κ2) is 5.28. The zero-order valence-corrected chi connectivity index (χ0v) is 8.83. The fourth-order valence-electron chi connectivity index (χ4n) is 1.29. The standard InChI is InChI=1S/C13H17N/c1-3-4-5-10-13(14)12-9-7-6-8-11(12)2/h4-10H,3,14H2,1-2H3/b5-4-,13-10-. The summed E-state index contributed by atoms with van der Waals surface area (Å²) in [4.78, 5) is 0. The SMILES string of the molecule is CC/C=C\C=C(/N)c1ccccc1C.